The van der Waals surface area contributed by atoms with E-state index in [9.17, 15) is 20.0 Å². The number of carboxylic acids is 1. The van der Waals surface area contributed by atoms with Crippen LogP contribution in [-0.2, 0) is 0 Å². The highest BCUT2D eigenvalue weighted by molar-refractivity contribution is 5.95. The molecular weight excluding hydrogens is 248 g/mol. The van der Waals surface area contributed by atoms with E-state index in [1.54, 1.807) is 0 Å². The lowest BCUT2D eigenvalue weighted by Gasteiger charge is -2.22. The molecule has 0 unspecified atom stereocenters. The molecule has 19 heavy (non-hydrogen) atoms. The van der Waals surface area contributed by atoms with Crippen molar-refractivity contribution in [3.8, 4) is 0 Å². The van der Waals surface area contributed by atoms with Crippen molar-refractivity contribution in [2.45, 2.75) is 20.3 Å². The summed E-state index contributed by atoms with van der Waals surface area (Å²) >= 11 is 0. The maximum absolute atomic E-state index is 11.2. The lowest BCUT2D eigenvalue weighted by atomic mass is 9.93. The molecule has 6 nitrogen and oxygen atoms in total. The highest BCUT2D eigenvalue weighted by Crippen LogP contribution is 2.35. The predicted octanol–water partition coefficient (Wildman–Crippen LogP) is 2.53. The molecule has 0 bridgehead atoms. The van der Waals surface area contributed by atoms with Crippen LogP contribution in [0.3, 0.4) is 0 Å². The average molecular weight is 264 g/mol. The summed E-state index contributed by atoms with van der Waals surface area (Å²) in [6, 6.07) is 3.89. The summed E-state index contributed by atoms with van der Waals surface area (Å²) in [5, 5.41) is 20.0. The van der Waals surface area contributed by atoms with Crippen LogP contribution in [0.25, 0.3) is 0 Å². The maximum Gasteiger partial charge on any atom is 0.337 e. The molecule has 1 aromatic rings. The third-order valence-electron chi connectivity index (χ3n) is 3.44. The summed E-state index contributed by atoms with van der Waals surface area (Å²) in [4.78, 5) is 23.5. The van der Waals surface area contributed by atoms with Crippen molar-refractivity contribution in [2.75, 3.05) is 18.0 Å². The molecule has 1 aliphatic heterocycles. The van der Waals surface area contributed by atoms with Crippen LogP contribution in [0.15, 0.2) is 18.2 Å². The lowest BCUT2D eigenvalue weighted by Crippen LogP contribution is -2.24. The monoisotopic (exact) mass is 264 g/mol. The van der Waals surface area contributed by atoms with E-state index in [0.717, 1.165) is 6.42 Å². The van der Waals surface area contributed by atoms with Gasteiger partial charge >= 0.3 is 5.97 Å². The van der Waals surface area contributed by atoms with E-state index < -0.39 is 10.9 Å². The van der Waals surface area contributed by atoms with Gasteiger partial charge in [0.25, 0.3) is 5.69 Å². The number of anilines is 1. The topological polar surface area (TPSA) is 83.7 Å². The normalized spacial score (nSPS) is 17.5. The van der Waals surface area contributed by atoms with Gasteiger partial charge in [-0.2, -0.15) is 0 Å². The van der Waals surface area contributed by atoms with Crippen LogP contribution in [0.4, 0.5) is 11.4 Å². The molecule has 2 rings (SSSR count). The number of nitrogens with zero attached hydrogens (tertiary/aromatic N) is 2. The van der Waals surface area contributed by atoms with E-state index >= 15 is 0 Å². The molecule has 1 aliphatic rings. The minimum atomic E-state index is -1.06. The van der Waals surface area contributed by atoms with Gasteiger partial charge in [-0.1, -0.05) is 13.8 Å². The number of carboxylic acid groups (broad SMARTS) is 1. The molecular formula is C13H16N2O4. The molecule has 0 atom stereocenters. The zero-order valence-electron chi connectivity index (χ0n) is 10.9. The van der Waals surface area contributed by atoms with Crippen molar-refractivity contribution in [1.82, 2.24) is 0 Å². The SMILES string of the molecule is CC1(C)CCN(c2cc([N+](=O)[O-])ccc2C(=O)O)C1. The van der Waals surface area contributed by atoms with Crippen LogP contribution in [0.2, 0.25) is 0 Å². The maximum atomic E-state index is 11.2. The van der Waals surface area contributed by atoms with Crippen molar-refractivity contribution in [3.63, 3.8) is 0 Å². The van der Waals surface area contributed by atoms with Gasteiger partial charge in [-0.25, -0.2) is 4.79 Å². The Morgan fingerprint density at radius 3 is 2.63 bits per heavy atom. The molecule has 102 valence electrons. The summed E-state index contributed by atoms with van der Waals surface area (Å²) in [6.45, 7) is 5.62. The number of benzene rings is 1. The molecule has 1 aromatic carbocycles. The average Bonchev–Trinajstić information content (AvgIpc) is 2.68. The number of hydrogen-bond acceptors (Lipinski definition) is 4. The van der Waals surface area contributed by atoms with E-state index in [1.165, 1.54) is 18.2 Å². The lowest BCUT2D eigenvalue weighted by molar-refractivity contribution is -0.384. The van der Waals surface area contributed by atoms with E-state index in [-0.39, 0.29) is 16.7 Å². The van der Waals surface area contributed by atoms with Crippen molar-refractivity contribution >= 4 is 17.3 Å². The van der Waals surface area contributed by atoms with Crippen molar-refractivity contribution in [2.24, 2.45) is 5.41 Å². The minimum absolute atomic E-state index is 0.0790. The number of nitro benzene ring substituents is 1. The zero-order valence-corrected chi connectivity index (χ0v) is 10.9. The number of hydrogen-bond donors (Lipinski definition) is 1. The minimum Gasteiger partial charge on any atom is -0.478 e. The van der Waals surface area contributed by atoms with E-state index in [1.807, 2.05) is 4.90 Å². The fraction of sp³-hybridized carbons (Fsp3) is 0.462. The van der Waals surface area contributed by atoms with Crippen molar-refractivity contribution < 1.29 is 14.8 Å². The summed E-state index contributed by atoms with van der Waals surface area (Å²) in [7, 11) is 0. The Kier molecular flexibility index (Phi) is 3.18. The number of nitro groups is 1. The highest BCUT2D eigenvalue weighted by Gasteiger charge is 2.32. The highest BCUT2D eigenvalue weighted by atomic mass is 16.6. The molecule has 6 heteroatoms. The molecule has 1 saturated heterocycles. The Labute approximate surface area is 110 Å². The van der Waals surface area contributed by atoms with E-state index in [0.29, 0.717) is 18.8 Å². The Bertz CT molecular complexity index is 539. The molecule has 1 fully saturated rings. The molecule has 0 spiro atoms. The van der Waals surface area contributed by atoms with Gasteiger partial charge in [-0.05, 0) is 17.9 Å². The van der Waals surface area contributed by atoms with E-state index in [4.69, 9.17) is 0 Å². The Morgan fingerprint density at radius 2 is 2.16 bits per heavy atom. The number of carbonyl (C=O) groups is 1. The zero-order chi connectivity index (χ0) is 14.2. The molecule has 0 radical (unpaired) electrons. The van der Waals surface area contributed by atoms with Crippen LogP contribution in [-0.4, -0.2) is 29.1 Å². The summed E-state index contributed by atoms with van der Waals surface area (Å²) in [5.41, 5.74) is 0.570. The first-order chi connectivity index (χ1) is 8.80. The second-order valence-electron chi connectivity index (χ2n) is 5.60. The largest absolute Gasteiger partial charge is 0.478 e. The first-order valence-electron chi connectivity index (χ1n) is 6.07. The first-order valence-corrected chi connectivity index (χ1v) is 6.07. The summed E-state index contributed by atoms with van der Waals surface area (Å²) in [6.07, 6.45) is 0.939. The number of aromatic carboxylic acids is 1. The van der Waals surface area contributed by atoms with Gasteiger partial charge in [-0.3, -0.25) is 10.1 Å². The quantitative estimate of drug-likeness (QED) is 0.670. The van der Waals surface area contributed by atoms with Gasteiger partial charge in [0, 0.05) is 25.2 Å². The molecule has 0 aromatic heterocycles. The third kappa shape index (κ3) is 2.67. The van der Waals surface area contributed by atoms with E-state index in [2.05, 4.69) is 13.8 Å². The van der Waals surface area contributed by atoms with Crippen LogP contribution >= 0.6 is 0 Å². The molecule has 0 saturated carbocycles. The summed E-state index contributed by atoms with van der Waals surface area (Å²) in [5.74, 6) is -1.06. The number of non-ortho nitro benzene ring substituents is 1. The standard InChI is InChI=1S/C13H16N2O4/c1-13(2)5-6-14(8-13)11-7-9(15(18)19)3-4-10(11)12(16)17/h3-4,7H,5-6,8H2,1-2H3,(H,16,17). The molecule has 0 aliphatic carbocycles. The molecule has 1 heterocycles. The van der Waals surface area contributed by atoms with Gasteiger partial charge in [0.1, 0.15) is 0 Å². The van der Waals surface area contributed by atoms with Crippen LogP contribution in [0.5, 0.6) is 0 Å². The van der Waals surface area contributed by atoms with Gasteiger partial charge < -0.3 is 10.0 Å². The number of rotatable bonds is 3. The van der Waals surface area contributed by atoms with Gasteiger partial charge in [0.15, 0.2) is 0 Å². The second kappa shape index (κ2) is 4.53. The van der Waals surface area contributed by atoms with Gasteiger partial charge in [0.05, 0.1) is 16.2 Å². The van der Waals surface area contributed by atoms with Crippen molar-refractivity contribution in [3.05, 3.63) is 33.9 Å². The fourth-order valence-corrected chi connectivity index (χ4v) is 2.39. The van der Waals surface area contributed by atoms with Crippen LogP contribution in [0.1, 0.15) is 30.6 Å². The van der Waals surface area contributed by atoms with Crippen LogP contribution < -0.4 is 4.90 Å². The smallest absolute Gasteiger partial charge is 0.337 e. The second-order valence-corrected chi connectivity index (χ2v) is 5.60. The Morgan fingerprint density at radius 1 is 1.47 bits per heavy atom. The third-order valence-corrected chi connectivity index (χ3v) is 3.44. The first kappa shape index (κ1) is 13.3. The summed E-state index contributed by atoms with van der Waals surface area (Å²) < 4.78 is 0. The Balaban J connectivity index is 2.44. The molecule has 1 N–H and O–H groups in total. The van der Waals surface area contributed by atoms with Gasteiger partial charge in [0.2, 0.25) is 0 Å². The predicted molar refractivity (Wildman–Crippen MR) is 70.7 cm³/mol. The van der Waals surface area contributed by atoms with Crippen LogP contribution in [0, 0.1) is 15.5 Å². The Hall–Kier alpha value is -2.11. The van der Waals surface area contributed by atoms with Gasteiger partial charge in [-0.15, -0.1) is 0 Å². The van der Waals surface area contributed by atoms with Crippen molar-refractivity contribution in [1.29, 1.82) is 0 Å². The molecule has 0 amide bonds. The fourth-order valence-electron chi connectivity index (χ4n) is 2.39.